The second-order valence-corrected chi connectivity index (χ2v) is 8.07. The minimum atomic E-state index is -0.980. The van der Waals surface area contributed by atoms with Crippen LogP contribution in [-0.4, -0.2) is 35.5 Å². The Labute approximate surface area is 141 Å². The van der Waals surface area contributed by atoms with Gasteiger partial charge in [0.15, 0.2) is 6.23 Å². The molecular weight excluding hydrogens is 308 g/mol. The predicted molar refractivity (Wildman–Crippen MR) is 87.8 cm³/mol. The number of aliphatic hydroxyl groups excluding tert-OH is 1. The van der Waals surface area contributed by atoms with Crippen LogP contribution in [-0.2, 0) is 0 Å². The molecule has 5 rings (SSSR count). The van der Waals surface area contributed by atoms with E-state index in [9.17, 15) is 14.7 Å². The van der Waals surface area contributed by atoms with Crippen LogP contribution >= 0.6 is 0 Å². The van der Waals surface area contributed by atoms with Crippen LogP contribution in [0.4, 0.5) is 9.59 Å². The van der Waals surface area contributed by atoms with Gasteiger partial charge in [0.25, 0.3) is 0 Å². The topological polar surface area (TPSA) is 102 Å². The number of rotatable bonds is 4. The molecule has 5 aliphatic rings. The normalized spacial score (nSPS) is 39.7. The summed E-state index contributed by atoms with van der Waals surface area (Å²) in [7, 11) is 0. The Bertz CT molecular complexity index is 539. The number of aliphatic hydroxyl groups is 1. The zero-order valence-corrected chi connectivity index (χ0v) is 13.8. The second kappa shape index (κ2) is 5.95. The highest BCUT2D eigenvalue weighted by atomic mass is 16.3. The molecule has 1 heterocycles. The van der Waals surface area contributed by atoms with E-state index in [0.29, 0.717) is 18.5 Å². The zero-order chi connectivity index (χ0) is 16.7. The van der Waals surface area contributed by atoms with Gasteiger partial charge in [0, 0.05) is 18.3 Å². The molecule has 0 spiro atoms. The molecule has 0 saturated heterocycles. The third-order valence-electron chi connectivity index (χ3n) is 6.12. The van der Waals surface area contributed by atoms with Crippen molar-refractivity contribution < 1.29 is 14.7 Å². The highest BCUT2D eigenvalue weighted by Crippen LogP contribution is 2.55. The van der Waals surface area contributed by atoms with Crippen molar-refractivity contribution in [3.05, 3.63) is 11.8 Å². The largest absolute Gasteiger partial charge is 0.370 e. The lowest BCUT2D eigenvalue weighted by atomic mass is 9.53. The monoisotopic (exact) mass is 334 g/mol. The molecule has 5 N–H and O–H groups in total. The SMILES string of the molecule is O=C1NC=C(CCNC(=O)NC23CC4CC(CC(C4)C2)C3)[C@@H](O)N1. The fourth-order valence-electron chi connectivity index (χ4n) is 5.57. The van der Waals surface area contributed by atoms with E-state index >= 15 is 0 Å². The van der Waals surface area contributed by atoms with Crippen LogP contribution in [0.5, 0.6) is 0 Å². The van der Waals surface area contributed by atoms with E-state index in [-0.39, 0.29) is 11.6 Å². The van der Waals surface area contributed by atoms with Gasteiger partial charge >= 0.3 is 12.1 Å². The zero-order valence-electron chi connectivity index (χ0n) is 13.8. The third-order valence-corrected chi connectivity index (χ3v) is 6.12. The van der Waals surface area contributed by atoms with Gasteiger partial charge in [0.05, 0.1) is 0 Å². The summed E-state index contributed by atoms with van der Waals surface area (Å²) in [6.45, 7) is 0.429. The van der Waals surface area contributed by atoms with E-state index in [1.54, 1.807) is 0 Å². The summed E-state index contributed by atoms with van der Waals surface area (Å²) >= 11 is 0. The molecule has 7 heteroatoms. The van der Waals surface area contributed by atoms with Gasteiger partial charge in [-0.2, -0.15) is 0 Å². The highest BCUT2D eigenvalue weighted by Gasteiger charge is 2.51. The number of urea groups is 2. The first-order chi connectivity index (χ1) is 11.5. The molecule has 0 unspecified atom stereocenters. The molecule has 4 fully saturated rings. The van der Waals surface area contributed by atoms with Gasteiger partial charge in [-0.1, -0.05) is 0 Å². The standard InChI is InChI=1S/C17H26N4O3/c22-14-13(9-19-15(23)20-14)1-2-18-16(24)21-17-6-10-3-11(7-17)5-12(4-10)8-17/h9-12,14,22H,1-8H2,(H2,18,21,24)(H2,19,20,23)/t10?,11?,12?,14-,17?/m1/s1. The van der Waals surface area contributed by atoms with Crippen molar-refractivity contribution in [3.8, 4) is 0 Å². The van der Waals surface area contributed by atoms with Gasteiger partial charge in [0.1, 0.15) is 0 Å². The number of hydrogen-bond acceptors (Lipinski definition) is 3. The van der Waals surface area contributed by atoms with Crippen LogP contribution in [0.25, 0.3) is 0 Å². The molecular formula is C17H26N4O3. The maximum Gasteiger partial charge on any atom is 0.321 e. The van der Waals surface area contributed by atoms with E-state index in [1.807, 2.05) is 0 Å². The maximum absolute atomic E-state index is 12.3. The number of hydrogen-bond donors (Lipinski definition) is 5. The predicted octanol–water partition coefficient (Wildman–Crippen LogP) is 1.16. The Morgan fingerprint density at radius 1 is 1.21 bits per heavy atom. The average Bonchev–Trinajstić information content (AvgIpc) is 2.47. The lowest BCUT2D eigenvalue weighted by Gasteiger charge is -2.56. The van der Waals surface area contributed by atoms with Crippen molar-refractivity contribution in [2.24, 2.45) is 17.8 Å². The minimum absolute atomic E-state index is 0.0119. The fraction of sp³-hybridized carbons (Fsp3) is 0.765. The molecule has 0 aromatic heterocycles. The van der Waals surface area contributed by atoms with Crippen LogP contribution in [0.15, 0.2) is 11.8 Å². The summed E-state index contributed by atoms with van der Waals surface area (Å²) in [4.78, 5) is 23.4. The Morgan fingerprint density at radius 2 is 1.83 bits per heavy atom. The molecule has 0 aromatic carbocycles. The molecule has 4 saturated carbocycles. The first-order valence-corrected chi connectivity index (χ1v) is 9.01. The summed E-state index contributed by atoms with van der Waals surface area (Å²) < 4.78 is 0. The summed E-state index contributed by atoms with van der Waals surface area (Å²) in [6.07, 6.45) is 8.47. The van der Waals surface area contributed by atoms with E-state index in [2.05, 4.69) is 21.3 Å². The molecule has 4 amide bonds. The Kier molecular flexibility index (Phi) is 3.90. The second-order valence-electron chi connectivity index (χ2n) is 8.07. The smallest absolute Gasteiger partial charge is 0.321 e. The van der Waals surface area contributed by atoms with Crippen LogP contribution in [0, 0.1) is 17.8 Å². The first kappa shape index (κ1) is 15.7. The third kappa shape index (κ3) is 3.09. The Balaban J connectivity index is 1.26. The van der Waals surface area contributed by atoms with E-state index < -0.39 is 12.3 Å². The van der Waals surface area contributed by atoms with Crippen LogP contribution in [0.3, 0.4) is 0 Å². The average molecular weight is 334 g/mol. The quantitative estimate of drug-likeness (QED) is 0.533. The Morgan fingerprint density at radius 3 is 2.42 bits per heavy atom. The summed E-state index contributed by atoms with van der Waals surface area (Å²) in [5.41, 5.74) is 0.669. The van der Waals surface area contributed by atoms with Gasteiger partial charge in [-0.15, -0.1) is 0 Å². The van der Waals surface area contributed by atoms with Crippen LogP contribution < -0.4 is 21.3 Å². The lowest BCUT2D eigenvalue weighted by Crippen LogP contribution is -2.61. The van der Waals surface area contributed by atoms with Gasteiger partial charge < -0.3 is 26.4 Å². The highest BCUT2D eigenvalue weighted by molar-refractivity contribution is 5.77. The van der Waals surface area contributed by atoms with Gasteiger partial charge in [-0.3, -0.25) is 0 Å². The van der Waals surface area contributed by atoms with Crippen LogP contribution in [0.1, 0.15) is 44.9 Å². The molecule has 1 atom stereocenters. The fourth-order valence-corrected chi connectivity index (χ4v) is 5.57. The summed E-state index contributed by atoms with van der Waals surface area (Å²) in [6, 6.07) is -0.529. The first-order valence-electron chi connectivity index (χ1n) is 9.01. The van der Waals surface area contributed by atoms with Crippen LogP contribution in [0.2, 0.25) is 0 Å². The number of nitrogens with one attached hydrogen (secondary N) is 4. The molecule has 1 aliphatic heterocycles. The molecule has 4 aliphatic carbocycles. The van der Waals surface area contributed by atoms with E-state index in [1.165, 1.54) is 25.5 Å². The number of carbonyl (C=O) groups is 2. The van der Waals surface area contributed by atoms with E-state index in [0.717, 1.165) is 37.0 Å². The number of amides is 4. The van der Waals surface area contributed by atoms with Crippen molar-refractivity contribution >= 4 is 12.1 Å². The van der Waals surface area contributed by atoms with Gasteiger partial charge in [0.2, 0.25) is 0 Å². The molecule has 0 aromatic rings. The molecule has 7 nitrogen and oxygen atoms in total. The lowest BCUT2D eigenvalue weighted by molar-refractivity contribution is -0.0135. The van der Waals surface area contributed by atoms with Gasteiger partial charge in [-0.05, 0) is 68.3 Å². The van der Waals surface area contributed by atoms with Crippen molar-refractivity contribution in [2.75, 3.05) is 6.54 Å². The molecule has 4 bridgehead atoms. The molecule has 24 heavy (non-hydrogen) atoms. The summed E-state index contributed by atoms with van der Waals surface area (Å²) in [5.74, 6) is 2.40. The van der Waals surface area contributed by atoms with Crippen molar-refractivity contribution in [1.82, 2.24) is 21.3 Å². The van der Waals surface area contributed by atoms with Gasteiger partial charge in [-0.25, -0.2) is 9.59 Å². The van der Waals surface area contributed by atoms with Crippen molar-refractivity contribution in [2.45, 2.75) is 56.7 Å². The maximum atomic E-state index is 12.3. The molecule has 0 radical (unpaired) electrons. The van der Waals surface area contributed by atoms with Crippen molar-refractivity contribution in [1.29, 1.82) is 0 Å². The Hall–Kier alpha value is -1.76. The van der Waals surface area contributed by atoms with E-state index in [4.69, 9.17) is 0 Å². The van der Waals surface area contributed by atoms with Crippen molar-refractivity contribution in [3.63, 3.8) is 0 Å². The summed E-state index contributed by atoms with van der Waals surface area (Å²) in [5, 5.41) is 20.8. The molecule has 132 valence electrons. The number of carbonyl (C=O) groups excluding carboxylic acids is 2. The minimum Gasteiger partial charge on any atom is -0.370 e.